The minimum Gasteiger partial charge on any atom is -0.361 e. The van der Waals surface area contributed by atoms with Gasteiger partial charge >= 0.3 is 0 Å². The Kier molecular flexibility index (Phi) is 3.70. The summed E-state index contributed by atoms with van der Waals surface area (Å²) in [7, 11) is 0. The summed E-state index contributed by atoms with van der Waals surface area (Å²) in [6, 6.07) is 0.187. The Labute approximate surface area is 140 Å². The van der Waals surface area contributed by atoms with Crippen molar-refractivity contribution in [1.29, 1.82) is 0 Å². The lowest BCUT2D eigenvalue weighted by atomic mass is 9.94. The second-order valence-electron chi connectivity index (χ2n) is 6.72. The van der Waals surface area contributed by atoms with Crippen molar-refractivity contribution in [2.24, 2.45) is 5.92 Å². The molecule has 3 fully saturated rings. The molecule has 2 atom stereocenters. The maximum atomic E-state index is 13.1. The van der Waals surface area contributed by atoms with Crippen molar-refractivity contribution in [2.75, 3.05) is 24.5 Å². The highest BCUT2D eigenvalue weighted by molar-refractivity contribution is 5.96. The SMILES string of the molecule is Cc1noc(C)c1C(=O)N1C[C@H]2CC[C@@H]1CN(c1cnccn1)C2. The number of hydrogen-bond donors (Lipinski definition) is 0. The van der Waals surface area contributed by atoms with E-state index in [0.29, 0.717) is 22.9 Å². The van der Waals surface area contributed by atoms with Gasteiger partial charge in [-0.3, -0.25) is 9.78 Å². The van der Waals surface area contributed by atoms with Crippen molar-refractivity contribution in [3.8, 4) is 0 Å². The Morgan fingerprint density at radius 2 is 2.08 bits per heavy atom. The van der Waals surface area contributed by atoms with E-state index in [4.69, 9.17) is 4.52 Å². The number of hydrogen-bond acceptors (Lipinski definition) is 6. The number of aromatic nitrogens is 3. The highest BCUT2D eigenvalue weighted by Gasteiger charge is 2.39. The average molecular weight is 327 g/mol. The van der Waals surface area contributed by atoms with Crippen molar-refractivity contribution >= 4 is 11.7 Å². The maximum Gasteiger partial charge on any atom is 0.259 e. The summed E-state index contributed by atoms with van der Waals surface area (Å²) in [5, 5.41) is 3.93. The molecule has 2 aromatic heterocycles. The van der Waals surface area contributed by atoms with Gasteiger partial charge in [-0.1, -0.05) is 5.16 Å². The summed E-state index contributed by atoms with van der Waals surface area (Å²) in [5.41, 5.74) is 1.29. The minimum atomic E-state index is 0.0435. The number of fused-ring (bicyclic) bond motifs is 4. The summed E-state index contributed by atoms with van der Waals surface area (Å²) in [4.78, 5) is 25.9. The Morgan fingerprint density at radius 3 is 2.79 bits per heavy atom. The molecular formula is C17H21N5O2. The van der Waals surface area contributed by atoms with Crippen LogP contribution in [0.5, 0.6) is 0 Å². The van der Waals surface area contributed by atoms with E-state index in [1.165, 1.54) is 0 Å². The monoisotopic (exact) mass is 327 g/mol. The predicted octanol–water partition coefficient (Wildman–Crippen LogP) is 1.82. The van der Waals surface area contributed by atoms with E-state index in [9.17, 15) is 4.79 Å². The van der Waals surface area contributed by atoms with Gasteiger partial charge in [-0.05, 0) is 32.6 Å². The van der Waals surface area contributed by atoms with Crippen LogP contribution in [0.25, 0.3) is 0 Å². The summed E-state index contributed by atoms with van der Waals surface area (Å²) >= 11 is 0. The Balaban J connectivity index is 1.60. The van der Waals surface area contributed by atoms with Crippen molar-refractivity contribution < 1.29 is 9.32 Å². The van der Waals surface area contributed by atoms with Crippen molar-refractivity contribution in [3.05, 3.63) is 35.6 Å². The molecule has 0 aromatic carbocycles. The molecule has 3 saturated heterocycles. The van der Waals surface area contributed by atoms with Crippen molar-refractivity contribution in [2.45, 2.75) is 32.7 Å². The van der Waals surface area contributed by atoms with E-state index in [1.54, 1.807) is 25.5 Å². The zero-order valence-corrected chi connectivity index (χ0v) is 14.0. The van der Waals surface area contributed by atoms with Crippen molar-refractivity contribution in [1.82, 2.24) is 20.0 Å². The number of carbonyl (C=O) groups excluding carboxylic acids is 1. The molecule has 7 heteroatoms. The molecule has 0 radical (unpaired) electrons. The fraction of sp³-hybridized carbons (Fsp3) is 0.529. The summed E-state index contributed by atoms with van der Waals surface area (Å²) in [5.74, 6) is 1.99. The Bertz CT molecular complexity index is 725. The van der Waals surface area contributed by atoms with Crippen LogP contribution in [-0.2, 0) is 0 Å². The lowest BCUT2D eigenvalue weighted by molar-refractivity contribution is 0.0589. The molecule has 7 nitrogen and oxygen atoms in total. The van der Waals surface area contributed by atoms with E-state index in [2.05, 4.69) is 20.0 Å². The topological polar surface area (TPSA) is 75.4 Å². The molecule has 3 aliphatic heterocycles. The highest BCUT2D eigenvalue weighted by Crippen LogP contribution is 2.31. The van der Waals surface area contributed by atoms with Gasteiger partial charge in [0.05, 0.1) is 11.9 Å². The van der Waals surface area contributed by atoms with Gasteiger partial charge in [0.2, 0.25) is 0 Å². The lowest BCUT2D eigenvalue weighted by Gasteiger charge is -2.36. The van der Waals surface area contributed by atoms with Gasteiger partial charge in [0.25, 0.3) is 5.91 Å². The molecule has 0 saturated carbocycles. The molecule has 0 N–H and O–H groups in total. The van der Waals surface area contributed by atoms with E-state index >= 15 is 0 Å². The molecule has 0 unspecified atom stereocenters. The molecule has 126 valence electrons. The number of nitrogens with zero attached hydrogens (tertiary/aromatic N) is 5. The average Bonchev–Trinajstić information content (AvgIpc) is 2.79. The first-order valence-corrected chi connectivity index (χ1v) is 8.38. The first kappa shape index (κ1) is 15.1. The molecule has 5 rings (SSSR count). The largest absolute Gasteiger partial charge is 0.361 e. The van der Waals surface area contributed by atoms with Crippen LogP contribution in [0.4, 0.5) is 5.82 Å². The maximum absolute atomic E-state index is 13.1. The number of amides is 1. The number of carbonyl (C=O) groups is 1. The van der Waals surface area contributed by atoms with Crippen LogP contribution < -0.4 is 4.90 Å². The first-order valence-electron chi connectivity index (χ1n) is 8.38. The fourth-order valence-electron chi connectivity index (χ4n) is 3.90. The van der Waals surface area contributed by atoms with Gasteiger partial charge in [-0.2, -0.15) is 0 Å². The summed E-state index contributed by atoms with van der Waals surface area (Å²) in [6.45, 7) is 6.12. The Hall–Kier alpha value is -2.44. The summed E-state index contributed by atoms with van der Waals surface area (Å²) in [6.07, 6.45) is 7.37. The molecule has 2 aromatic rings. The number of rotatable bonds is 2. The third-order valence-corrected chi connectivity index (χ3v) is 5.10. The third-order valence-electron chi connectivity index (χ3n) is 5.10. The normalized spacial score (nSPS) is 23.4. The van der Waals surface area contributed by atoms with E-state index < -0.39 is 0 Å². The molecule has 1 amide bonds. The quantitative estimate of drug-likeness (QED) is 0.837. The molecule has 0 aliphatic carbocycles. The van der Waals surface area contributed by atoms with Crippen LogP contribution in [0.15, 0.2) is 23.1 Å². The number of piperidine rings is 1. The second kappa shape index (κ2) is 5.89. The van der Waals surface area contributed by atoms with Gasteiger partial charge in [0.1, 0.15) is 17.1 Å². The molecule has 0 spiro atoms. The second-order valence-corrected chi connectivity index (χ2v) is 6.72. The molecule has 2 bridgehead atoms. The van der Waals surface area contributed by atoms with E-state index in [1.807, 2.05) is 11.8 Å². The van der Waals surface area contributed by atoms with Crippen LogP contribution >= 0.6 is 0 Å². The van der Waals surface area contributed by atoms with Gasteiger partial charge in [-0.15, -0.1) is 0 Å². The fourth-order valence-corrected chi connectivity index (χ4v) is 3.90. The van der Waals surface area contributed by atoms with Gasteiger partial charge < -0.3 is 14.3 Å². The molecule has 5 heterocycles. The highest BCUT2D eigenvalue weighted by atomic mass is 16.5. The Morgan fingerprint density at radius 1 is 1.21 bits per heavy atom. The van der Waals surface area contributed by atoms with Gasteiger partial charge in [-0.25, -0.2) is 4.98 Å². The smallest absolute Gasteiger partial charge is 0.259 e. The van der Waals surface area contributed by atoms with Crippen molar-refractivity contribution in [3.63, 3.8) is 0 Å². The zero-order chi connectivity index (χ0) is 16.7. The number of anilines is 1. The molecule has 24 heavy (non-hydrogen) atoms. The number of aryl methyl sites for hydroxylation is 2. The van der Waals surface area contributed by atoms with Crippen LogP contribution in [0.3, 0.4) is 0 Å². The van der Waals surface area contributed by atoms with Crippen LogP contribution in [0, 0.1) is 19.8 Å². The zero-order valence-electron chi connectivity index (χ0n) is 14.0. The first-order chi connectivity index (χ1) is 11.6. The van der Waals surface area contributed by atoms with Gasteiger partial charge in [0, 0.05) is 38.1 Å². The third kappa shape index (κ3) is 2.53. The van der Waals surface area contributed by atoms with E-state index in [0.717, 1.165) is 38.3 Å². The molecular weight excluding hydrogens is 306 g/mol. The lowest BCUT2D eigenvalue weighted by Crippen LogP contribution is -2.47. The standard InChI is InChI=1S/C17H21N5O2/c1-11-16(12(2)24-20-11)17(23)22-9-13-3-4-14(22)10-21(8-13)15-7-18-5-6-19-15/h5-7,13-14H,3-4,8-10H2,1-2H3/t13-,14+/m0/s1. The minimum absolute atomic E-state index is 0.0435. The van der Waals surface area contributed by atoms with E-state index in [-0.39, 0.29) is 11.9 Å². The summed E-state index contributed by atoms with van der Waals surface area (Å²) < 4.78 is 5.18. The van der Waals surface area contributed by atoms with Crippen LogP contribution in [-0.4, -0.2) is 51.6 Å². The van der Waals surface area contributed by atoms with Crippen LogP contribution in [0.2, 0.25) is 0 Å². The van der Waals surface area contributed by atoms with Crippen LogP contribution in [0.1, 0.15) is 34.7 Å². The molecule has 3 aliphatic rings. The predicted molar refractivity (Wildman–Crippen MR) is 87.8 cm³/mol. The van der Waals surface area contributed by atoms with Gasteiger partial charge in [0.15, 0.2) is 0 Å².